The summed E-state index contributed by atoms with van der Waals surface area (Å²) >= 11 is 0. The summed E-state index contributed by atoms with van der Waals surface area (Å²) in [6, 6.07) is 5.69. The van der Waals surface area contributed by atoms with Crippen LogP contribution in [-0.2, 0) is 26.1 Å². The van der Waals surface area contributed by atoms with Gasteiger partial charge in [0.2, 0.25) is 0 Å². The number of aryl methyl sites for hydroxylation is 1. The third-order valence-corrected chi connectivity index (χ3v) is 6.57. The quantitative estimate of drug-likeness (QED) is 0.518. The molecule has 3 aromatic heterocycles. The topological polar surface area (TPSA) is 63.3 Å². The molecule has 0 aliphatic carbocycles. The Morgan fingerprint density at radius 1 is 1.06 bits per heavy atom. The fourth-order valence-electron chi connectivity index (χ4n) is 4.91. The molecule has 0 radical (unpaired) electrons. The van der Waals surface area contributed by atoms with Crippen molar-refractivity contribution in [3.63, 3.8) is 0 Å². The minimum atomic E-state index is -4.37. The van der Waals surface area contributed by atoms with E-state index in [2.05, 4.69) is 20.3 Å². The monoisotopic (exact) mass is 441 g/mol. The molecule has 2 aliphatic rings. The van der Waals surface area contributed by atoms with E-state index in [-0.39, 0.29) is 5.92 Å². The summed E-state index contributed by atoms with van der Waals surface area (Å²) in [4.78, 5) is 11.7. The summed E-state index contributed by atoms with van der Waals surface area (Å²) in [7, 11) is 1.87. The number of alkyl halides is 3. The lowest BCUT2D eigenvalue weighted by Gasteiger charge is -2.41. The third kappa shape index (κ3) is 2.96. The zero-order valence-electron chi connectivity index (χ0n) is 17.5. The van der Waals surface area contributed by atoms with Crippen LogP contribution in [0.1, 0.15) is 28.6 Å². The molecule has 0 bridgehead atoms. The first-order chi connectivity index (χ1) is 15.4. The zero-order chi connectivity index (χ0) is 22.0. The van der Waals surface area contributed by atoms with Crippen molar-refractivity contribution in [1.82, 2.24) is 29.5 Å². The maximum absolute atomic E-state index is 13.1. The second-order valence-corrected chi connectivity index (χ2v) is 8.54. The van der Waals surface area contributed by atoms with Crippen LogP contribution in [0.4, 0.5) is 19.0 Å². The number of benzene rings is 1. The van der Waals surface area contributed by atoms with Crippen molar-refractivity contribution in [2.75, 3.05) is 31.1 Å². The molecule has 32 heavy (non-hydrogen) atoms. The molecule has 0 saturated carbocycles. The Morgan fingerprint density at radius 3 is 2.69 bits per heavy atom. The molecule has 166 valence electrons. The average molecular weight is 441 g/mol. The fourth-order valence-corrected chi connectivity index (χ4v) is 4.91. The predicted octanol–water partition coefficient (Wildman–Crippen LogP) is 2.93. The summed E-state index contributed by atoms with van der Waals surface area (Å²) in [6.07, 6.45) is -0.832. The SMILES string of the molecule is Cn1c(C2CN(c3c4c(nc5ccnn35)CCNCC4)C2)nc2cc(C(F)(F)F)ccc21. The zero-order valence-corrected chi connectivity index (χ0v) is 17.5. The first kappa shape index (κ1) is 19.5. The molecule has 1 N–H and O–H groups in total. The number of imidazole rings is 1. The number of hydrogen-bond donors (Lipinski definition) is 1. The standard InChI is InChI=1S/C22H22F3N7/c1-30-18-3-2-14(22(23,24)25)10-17(18)29-20(30)13-11-31(12-13)21-15-4-7-26-8-5-16(15)28-19-6-9-27-32(19)21/h2-3,6,9-10,13,26H,4-5,7-8,11-12H2,1H3. The molecule has 0 atom stereocenters. The maximum atomic E-state index is 13.1. The number of fused-ring (bicyclic) bond motifs is 3. The number of halogens is 3. The molecule has 2 aliphatic heterocycles. The van der Waals surface area contributed by atoms with E-state index < -0.39 is 11.7 Å². The van der Waals surface area contributed by atoms with Crippen molar-refractivity contribution in [3.05, 3.63) is 53.1 Å². The van der Waals surface area contributed by atoms with Gasteiger partial charge in [0.25, 0.3) is 0 Å². The fraction of sp³-hybridized carbons (Fsp3) is 0.409. The van der Waals surface area contributed by atoms with Gasteiger partial charge in [0.15, 0.2) is 5.65 Å². The Kier molecular flexibility index (Phi) is 4.23. The summed E-state index contributed by atoms with van der Waals surface area (Å²) in [5.74, 6) is 2.03. The molecule has 4 aromatic rings. The predicted molar refractivity (Wildman–Crippen MR) is 114 cm³/mol. The van der Waals surface area contributed by atoms with Crippen LogP contribution in [0, 0.1) is 0 Å². The van der Waals surface area contributed by atoms with Crippen LogP contribution in [0.2, 0.25) is 0 Å². The van der Waals surface area contributed by atoms with Gasteiger partial charge in [-0.05, 0) is 31.2 Å². The van der Waals surface area contributed by atoms with E-state index >= 15 is 0 Å². The minimum absolute atomic E-state index is 0.139. The van der Waals surface area contributed by atoms with Crippen LogP contribution in [0.3, 0.4) is 0 Å². The first-order valence-electron chi connectivity index (χ1n) is 10.7. The van der Waals surface area contributed by atoms with E-state index in [0.717, 1.165) is 74.1 Å². The summed E-state index contributed by atoms with van der Waals surface area (Å²) in [6.45, 7) is 3.29. The smallest absolute Gasteiger partial charge is 0.355 e. The van der Waals surface area contributed by atoms with Gasteiger partial charge in [-0.3, -0.25) is 0 Å². The van der Waals surface area contributed by atoms with Gasteiger partial charge in [-0.2, -0.15) is 22.8 Å². The highest BCUT2D eigenvalue weighted by Crippen LogP contribution is 2.37. The van der Waals surface area contributed by atoms with E-state index in [0.29, 0.717) is 11.0 Å². The van der Waals surface area contributed by atoms with Gasteiger partial charge in [-0.1, -0.05) is 0 Å². The highest BCUT2D eigenvalue weighted by molar-refractivity contribution is 5.77. The van der Waals surface area contributed by atoms with E-state index in [1.54, 1.807) is 6.20 Å². The summed E-state index contributed by atoms with van der Waals surface area (Å²) in [5.41, 5.74) is 3.61. The Hall–Kier alpha value is -3.14. The van der Waals surface area contributed by atoms with Crippen LogP contribution in [0.15, 0.2) is 30.5 Å². The second kappa shape index (κ2) is 6.93. The Labute approximate surface area is 181 Å². The van der Waals surface area contributed by atoms with E-state index in [1.165, 1.54) is 11.6 Å². The van der Waals surface area contributed by atoms with Crippen LogP contribution < -0.4 is 10.2 Å². The average Bonchev–Trinajstić information content (AvgIpc) is 3.23. The van der Waals surface area contributed by atoms with Gasteiger partial charge in [0, 0.05) is 44.7 Å². The van der Waals surface area contributed by atoms with E-state index in [1.807, 2.05) is 22.2 Å². The number of nitrogens with one attached hydrogen (secondary N) is 1. The normalized spacial score (nSPS) is 17.6. The summed E-state index contributed by atoms with van der Waals surface area (Å²) < 4.78 is 43.1. The van der Waals surface area contributed by atoms with Crippen molar-refractivity contribution in [3.8, 4) is 0 Å². The van der Waals surface area contributed by atoms with Crippen LogP contribution >= 0.6 is 0 Å². The summed E-state index contributed by atoms with van der Waals surface area (Å²) in [5, 5.41) is 7.94. The molecular weight excluding hydrogens is 419 g/mol. The molecule has 7 nitrogen and oxygen atoms in total. The molecule has 0 unspecified atom stereocenters. The van der Waals surface area contributed by atoms with Gasteiger partial charge in [-0.15, -0.1) is 0 Å². The van der Waals surface area contributed by atoms with Gasteiger partial charge in [0.05, 0.1) is 34.4 Å². The van der Waals surface area contributed by atoms with Crippen LogP contribution in [0.25, 0.3) is 16.7 Å². The number of nitrogens with zero attached hydrogens (tertiary/aromatic N) is 6. The number of anilines is 1. The Morgan fingerprint density at radius 2 is 1.88 bits per heavy atom. The second-order valence-electron chi connectivity index (χ2n) is 8.54. The highest BCUT2D eigenvalue weighted by Gasteiger charge is 2.36. The first-order valence-corrected chi connectivity index (χ1v) is 10.7. The minimum Gasteiger partial charge on any atom is -0.355 e. The van der Waals surface area contributed by atoms with Gasteiger partial charge >= 0.3 is 6.18 Å². The van der Waals surface area contributed by atoms with Crippen LogP contribution in [-0.4, -0.2) is 50.3 Å². The van der Waals surface area contributed by atoms with Crippen molar-refractivity contribution < 1.29 is 13.2 Å². The largest absolute Gasteiger partial charge is 0.416 e. The molecule has 6 rings (SSSR count). The lowest BCUT2D eigenvalue weighted by atomic mass is 9.97. The molecule has 0 amide bonds. The van der Waals surface area contributed by atoms with E-state index in [4.69, 9.17) is 4.98 Å². The van der Waals surface area contributed by atoms with Crippen molar-refractivity contribution in [1.29, 1.82) is 0 Å². The van der Waals surface area contributed by atoms with Crippen molar-refractivity contribution in [2.45, 2.75) is 24.9 Å². The van der Waals surface area contributed by atoms with Crippen molar-refractivity contribution >= 4 is 22.5 Å². The Balaban J connectivity index is 1.34. The maximum Gasteiger partial charge on any atom is 0.416 e. The lowest BCUT2D eigenvalue weighted by molar-refractivity contribution is -0.137. The van der Waals surface area contributed by atoms with E-state index in [9.17, 15) is 13.2 Å². The molecular formula is C22H22F3N7. The van der Waals surface area contributed by atoms with Gasteiger partial charge in [0.1, 0.15) is 11.6 Å². The van der Waals surface area contributed by atoms with Gasteiger partial charge < -0.3 is 14.8 Å². The lowest BCUT2D eigenvalue weighted by Crippen LogP contribution is -2.47. The van der Waals surface area contributed by atoms with Gasteiger partial charge in [-0.25, -0.2) is 9.97 Å². The van der Waals surface area contributed by atoms with Crippen LogP contribution in [0.5, 0.6) is 0 Å². The highest BCUT2D eigenvalue weighted by atomic mass is 19.4. The Bertz CT molecular complexity index is 1330. The van der Waals surface area contributed by atoms with Crippen molar-refractivity contribution in [2.24, 2.45) is 7.05 Å². The molecule has 1 saturated heterocycles. The number of aromatic nitrogens is 5. The number of rotatable bonds is 2. The number of hydrogen-bond acceptors (Lipinski definition) is 5. The molecule has 1 fully saturated rings. The molecule has 10 heteroatoms. The molecule has 0 spiro atoms. The third-order valence-electron chi connectivity index (χ3n) is 6.57. The molecule has 1 aromatic carbocycles. The molecule has 5 heterocycles.